The van der Waals surface area contributed by atoms with Crippen molar-refractivity contribution in [3.8, 4) is 0 Å². The molecule has 0 aliphatic carbocycles. The maximum Gasteiger partial charge on any atom is 0.0618 e. The van der Waals surface area contributed by atoms with Gasteiger partial charge in [-0.05, 0) is 12.3 Å². The standard InChI is InChI=1S/C8H18O2/c1-4-7(2)8(10-3)5-6-9/h7-9H,4-6H2,1-3H3. The molecule has 2 nitrogen and oxygen atoms in total. The zero-order valence-corrected chi connectivity index (χ0v) is 7.13. The second-order valence-electron chi connectivity index (χ2n) is 2.67. The molecular weight excluding hydrogens is 128 g/mol. The highest BCUT2D eigenvalue weighted by Gasteiger charge is 2.13. The van der Waals surface area contributed by atoms with Crippen molar-refractivity contribution < 1.29 is 9.84 Å². The Morgan fingerprint density at radius 3 is 2.40 bits per heavy atom. The van der Waals surface area contributed by atoms with Crippen molar-refractivity contribution in [1.82, 2.24) is 0 Å². The summed E-state index contributed by atoms with van der Waals surface area (Å²) in [4.78, 5) is 0. The number of hydrogen-bond acceptors (Lipinski definition) is 2. The minimum atomic E-state index is 0.225. The van der Waals surface area contributed by atoms with Gasteiger partial charge in [-0.2, -0.15) is 0 Å². The van der Waals surface area contributed by atoms with Crippen LogP contribution >= 0.6 is 0 Å². The first kappa shape index (κ1) is 9.92. The molecule has 0 aromatic heterocycles. The van der Waals surface area contributed by atoms with Crippen LogP contribution < -0.4 is 0 Å². The maximum atomic E-state index is 8.63. The Morgan fingerprint density at radius 1 is 1.50 bits per heavy atom. The van der Waals surface area contributed by atoms with Crippen LogP contribution in [0.5, 0.6) is 0 Å². The molecule has 2 unspecified atom stereocenters. The first-order valence-corrected chi connectivity index (χ1v) is 3.89. The number of aliphatic hydroxyl groups excluding tert-OH is 1. The van der Waals surface area contributed by atoms with Crippen molar-refractivity contribution in [2.45, 2.75) is 32.8 Å². The van der Waals surface area contributed by atoms with Crippen molar-refractivity contribution >= 4 is 0 Å². The highest BCUT2D eigenvalue weighted by Crippen LogP contribution is 2.13. The van der Waals surface area contributed by atoms with Gasteiger partial charge < -0.3 is 9.84 Å². The number of rotatable bonds is 5. The predicted molar refractivity (Wildman–Crippen MR) is 42.0 cm³/mol. The van der Waals surface area contributed by atoms with Gasteiger partial charge in [-0.1, -0.05) is 20.3 Å². The second-order valence-corrected chi connectivity index (χ2v) is 2.67. The lowest BCUT2D eigenvalue weighted by atomic mass is 10.00. The van der Waals surface area contributed by atoms with Crippen LogP contribution in [0.15, 0.2) is 0 Å². The third-order valence-electron chi connectivity index (χ3n) is 1.99. The topological polar surface area (TPSA) is 29.5 Å². The molecule has 0 heterocycles. The molecule has 2 atom stereocenters. The van der Waals surface area contributed by atoms with Crippen molar-refractivity contribution in [3.05, 3.63) is 0 Å². The Balaban J connectivity index is 3.56. The molecule has 0 radical (unpaired) electrons. The summed E-state index contributed by atoms with van der Waals surface area (Å²) in [5.41, 5.74) is 0. The van der Waals surface area contributed by atoms with Crippen LogP contribution in [0.1, 0.15) is 26.7 Å². The second kappa shape index (κ2) is 5.69. The summed E-state index contributed by atoms with van der Waals surface area (Å²) in [6.07, 6.45) is 2.10. The largest absolute Gasteiger partial charge is 0.396 e. The zero-order valence-electron chi connectivity index (χ0n) is 7.13. The molecule has 10 heavy (non-hydrogen) atoms. The molecule has 0 saturated heterocycles. The van der Waals surface area contributed by atoms with Gasteiger partial charge in [-0.3, -0.25) is 0 Å². The van der Waals surface area contributed by atoms with Crippen molar-refractivity contribution in [2.24, 2.45) is 5.92 Å². The molecule has 2 heteroatoms. The Morgan fingerprint density at radius 2 is 2.10 bits per heavy atom. The molecule has 0 saturated carbocycles. The maximum absolute atomic E-state index is 8.63. The third kappa shape index (κ3) is 3.18. The zero-order chi connectivity index (χ0) is 7.98. The van der Waals surface area contributed by atoms with E-state index in [1.165, 1.54) is 0 Å². The molecule has 0 fully saturated rings. The first-order valence-electron chi connectivity index (χ1n) is 3.89. The van der Waals surface area contributed by atoms with E-state index in [4.69, 9.17) is 9.84 Å². The Hall–Kier alpha value is -0.0800. The van der Waals surface area contributed by atoms with E-state index in [0.717, 1.165) is 12.8 Å². The van der Waals surface area contributed by atoms with Gasteiger partial charge in [0.1, 0.15) is 0 Å². The van der Waals surface area contributed by atoms with Crippen LogP contribution in [0.3, 0.4) is 0 Å². The van der Waals surface area contributed by atoms with E-state index < -0.39 is 0 Å². The van der Waals surface area contributed by atoms with E-state index >= 15 is 0 Å². The number of methoxy groups -OCH3 is 1. The molecule has 1 N–H and O–H groups in total. The van der Waals surface area contributed by atoms with E-state index in [-0.39, 0.29) is 12.7 Å². The molecule has 0 bridgehead atoms. The Bertz CT molecular complexity index is 73.7. The summed E-state index contributed by atoms with van der Waals surface area (Å²) in [6.45, 7) is 4.50. The van der Waals surface area contributed by atoms with Gasteiger partial charge in [0, 0.05) is 13.7 Å². The summed E-state index contributed by atoms with van der Waals surface area (Å²) in [6, 6.07) is 0. The molecule has 0 spiro atoms. The molecule has 0 aliphatic heterocycles. The predicted octanol–water partition coefficient (Wildman–Crippen LogP) is 1.43. The van der Waals surface area contributed by atoms with E-state index in [9.17, 15) is 0 Å². The molecule has 0 aromatic carbocycles. The fraction of sp³-hybridized carbons (Fsp3) is 1.00. The smallest absolute Gasteiger partial charge is 0.0618 e. The molecular formula is C8H18O2. The number of hydrogen-bond donors (Lipinski definition) is 1. The quantitative estimate of drug-likeness (QED) is 0.635. The van der Waals surface area contributed by atoms with Gasteiger partial charge in [0.05, 0.1) is 6.10 Å². The van der Waals surface area contributed by atoms with Crippen LogP contribution in [0.4, 0.5) is 0 Å². The van der Waals surface area contributed by atoms with Crippen molar-refractivity contribution in [3.63, 3.8) is 0 Å². The average Bonchev–Trinajstić information content (AvgIpc) is 1.99. The molecule has 0 aliphatic rings. The molecule has 62 valence electrons. The lowest BCUT2D eigenvalue weighted by Crippen LogP contribution is -2.20. The number of aliphatic hydroxyl groups is 1. The third-order valence-corrected chi connectivity index (χ3v) is 1.99. The summed E-state index contributed by atoms with van der Waals surface area (Å²) in [5, 5.41) is 8.63. The van der Waals surface area contributed by atoms with Gasteiger partial charge in [-0.15, -0.1) is 0 Å². The lowest BCUT2D eigenvalue weighted by molar-refractivity contribution is 0.0369. The van der Waals surface area contributed by atoms with Crippen LogP contribution in [0.2, 0.25) is 0 Å². The minimum Gasteiger partial charge on any atom is -0.396 e. The Labute approximate surface area is 63.2 Å². The van der Waals surface area contributed by atoms with E-state index in [1.807, 2.05) is 0 Å². The minimum absolute atomic E-state index is 0.225. The SMILES string of the molecule is CCC(C)C(CCO)OC. The normalized spacial score (nSPS) is 16.8. The van der Waals surface area contributed by atoms with Gasteiger partial charge in [0.15, 0.2) is 0 Å². The van der Waals surface area contributed by atoms with Gasteiger partial charge >= 0.3 is 0 Å². The average molecular weight is 146 g/mol. The fourth-order valence-corrected chi connectivity index (χ4v) is 1.02. The first-order chi connectivity index (χ1) is 4.76. The molecule has 0 aromatic rings. The van der Waals surface area contributed by atoms with Gasteiger partial charge in [0.25, 0.3) is 0 Å². The van der Waals surface area contributed by atoms with Gasteiger partial charge in [0.2, 0.25) is 0 Å². The fourth-order valence-electron chi connectivity index (χ4n) is 1.02. The Kier molecular flexibility index (Phi) is 5.64. The van der Waals surface area contributed by atoms with Crippen LogP contribution in [0, 0.1) is 5.92 Å². The summed E-state index contributed by atoms with van der Waals surface area (Å²) < 4.78 is 5.18. The highest BCUT2D eigenvalue weighted by atomic mass is 16.5. The summed E-state index contributed by atoms with van der Waals surface area (Å²) in [7, 11) is 1.70. The highest BCUT2D eigenvalue weighted by molar-refractivity contribution is 4.63. The van der Waals surface area contributed by atoms with E-state index in [0.29, 0.717) is 5.92 Å². The summed E-state index contributed by atoms with van der Waals surface area (Å²) in [5.74, 6) is 0.553. The van der Waals surface area contributed by atoms with Crippen LogP contribution in [-0.4, -0.2) is 24.9 Å². The van der Waals surface area contributed by atoms with Crippen LogP contribution in [0.25, 0.3) is 0 Å². The van der Waals surface area contributed by atoms with Gasteiger partial charge in [-0.25, -0.2) is 0 Å². The summed E-state index contributed by atoms with van der Waals surface area (Å²) >= 11 is 0. The van der Waals surface area contributed by atoms with Crippen molar-refractivity contribution in [1.29, 1.82) is 0 Å². The molecule has 0 amide bonds. The number of ether oxygens (including phenoxy) is 1. The lowest BCUT2D eigenvalue weighted by Gasteiger charge is -2.19. The van der Waals surface area contributed by atoms with Crippen LogP contribution in [-0.2, 0) is 4.74 Å². The monoisotopic (exact) mass is 146 g/mol. The molecule has 0 rings (SSSR count). The van der Waals surface area contributed by atoms with E-state index in [2.05, 4.69) is 13.8 Å². The van der Waals surface area contributed by atoms with Crippen molar-refractivity contribution in [2.75, 3.05) is 13.7 Å². The van der Waals surface area contributed by atoms with E-state index in [1.54, 1.807) is 7.11 Å².